The third kappa shape index (κ3) is 2.72. The molecule has 1 heterocycles. The standard InChI is InChI=1S/C13H20N2/c1-3-11-5-4-6-12(9-11)14-13-7-8-15(2)10-13/h4-6,9,13-14H,3,7-8,10H2,1-2H3. The molecule has 1 aromatic rings. The highest BCUT2D eigenvalue weighted by Crippen LogP contribution is 2.16. The number of likely N-dealkylation sites (tertiary alicyclic amines) is 1. The van der Waals surface area contributed by atoms with Gasteiger partial charge in [0.2, 0.25) is 0 Å². The van der Waals surface area contributed by atoms with Gasteiger partial charge in [-0.1, -0.05) is 19.1 Å². The molecule has 2 heteroatoms. The predicted molar refractivity (Wildman–Crippen MR) is 65.3 cm³/mol. The quantitative estimate of drug-likeness (QED) is 0.813. The van der Waals surface area contributed by atoms with Crippen molar-refractivity contribution in [1.29, 1.82) is 0 Å². The van der Waals surface area contributed by atoms with Crippen LogP contribution >= 0.6 is 0 Å². The largest absolute Gasteiger partial charge is 0.381 e. The third-order valence-corrected chi connectivity index (χ3v) is 3.10. The zero-order valence-electron chi connectivity index (χ0n) is 9.66. The molecular weight excluding hydrogens is 184 g/mol. The average Bonchev–Trinajstić information content (AvgIpc) is 2.64. The van der Waals surface area contributed by atoms with E-state index in [9.17, 15) is 0 Å². The normalized spacial score (nSPS) is 21.9. The summed E-state index contributed by atoms with van der Waals surface area (Å²) in [5.74, 6) is 0. The molecule has 0 aromatic heterocycles. The number of nitrogens with one attached hydrogen (secondary N) is 1. The Morgan fingerprint density at radius 2 is 2.33 bits per heavy atom. The van der Waals surface area contributed by atoms with E-state index < -0.39 is 0 Å². The Bertz CT molecular complexity index is 322. The monoisotopic (exact) mass is 204 g/mol. The van der Waals surface area contributed by atoms with Gasteiger partial charge in [-0.2, -0.15) is 0 Å². The zero-order valence-corrected chi connectivity index (χ0v) is 9.66. The summed E-state index contributed by atoms with van der Waals surface area (Å²) in [6.07, 6.45) is 2.37. The number of aryl methyl sites for hydroxylation is 1. The van der Waals surface area contributed by atoms with Crippen LogP contribution in [-0.2, 0) is 6.42 Å². The van der Waals surface area contributed by atoms with Gasteiger partial charge in [-0.25, -0.2) is 0 Å². The molecule has 1 N–H and O–H groups in total. The Balaban J connectivity index is 1.98. The van der Waals surface area contributed by atoms with Crippen molar-refractivity contribution in [3.8, 4) is 0 Å². The number of likely N-dealkylation sites (N-methyl/N-ethyl adjacent to an activating group) is 1. The van der Waals surface area contributed by atoms with Crippen LogP contribution in [0.4, 0.5) is 5.69 Å². The first-order valence-electron chi connectivity index (χ1n) is 5.82. The van der Waals surface area contributed by atoms with Crippen LogP contribution in [0.3, 0.4) is 0 Å². The molecule has 1 atom stereocenters. The fraction of sp³-hybridized carbons (Fsp3) is 0.538. The van der Waals surface area contributed by atoms with Gasteiger partial charge in [0.05, 0.1) is 0 Å². The first-order chi connectivity index (χ1) is 7.28. The molecule has 2 nitrogen and oxygen atoms in total. The minimum atomic E-state index is 0.627. The van der Waals surface area contributed by atoms with Crippen LogP contribution in [0.5, 0.6) is 0 Å². The van der Waals surface area contributed by atoms with Crippen molar-refractivity contribution in [2.45, 2.75) is 25.8 Å². The van der Waals surface area contributed by atoms with Crippen LogP contribution in [0, 0.1) is 0 Å². The summed E-state index contributed by atoms with van der Waals surface area (Å²) in [6.45, 7) is 4.57. The second-order valence-electron chi connectivity index (χ2n) is 4.45. The molecule has 1 aromatic carbocycles. The summed E-state index contributed by atoms with van der Waals surface area (Å²) in [4.78, 5) is 2.38. The fourth-order valence-electron chi connectivity index (χ4n) is 2.17. The highest BCUT2D eigenvalue weighted by atomic mass is 15.2. The van der Waals surface area contributed by atoms with E-state index in [-0.39, 0.29) is 0 Å². The minimum absolute atomic E-state index is 0.627. The molecule has 0 saturated carbocycles. The number of anilines is 1. The third-order valence-electron chi connectivity index (χ3n) is 3.10. The lowest BCUT2D eigenvalue weighted by Crippen LogP contribution is -2.23. The predicted octanol–water partition coefficient (Wildman–Crippen LogP) is 2.37. The van der Waals surface area contributed by atoms with Gasteiger partial charge in [0.1, 0.15) is 0 Å². The van der Waals surface area contributed by atoms with E-state index in [2.05, 4.69) is 48.5 Å². The van der Waals surface area contributed by atoms with Gasteiger partial charge in [0.25, 0.3) is 0 Å². The lowest BCUT2D eigenvalue weighted by atomic mass is 10.1. The first-order valence-corrected chi connectivity index (χ1v) is 5.82. The van der Waals surface area contributed by atoms with E-state index in [0.29, 0.717) is 6.04 Å². The van der Waals surface area contributed by atoms with Crippen molar-refractivity contribution < 1.29 is 0 Å². The molecular formula is C13H20N2. The molecule has 0 spiro atoms. The number of rotatable bonds is 3. The lowest BCUT2D eigenvalue weighted by Gasteiger charge is -2.14. The minimum Gasteiger partial charge on any atom is -0.381 e. The van der Waals surface area contributed by atoms with Gasteiger partial charge in [-0.3, -0.25) is 0 Å². The molecule has 82 valence electrons. The summed E-state index contributed by atoms with van der Waals surface area (Å²) >= 11 is 0. The van der Waals surface area contributed by atoms with E-state index in [1.807, 2.05) is 0 Å². The van der Waals surface area contributed by atoms with Crippen LogP contribution in [0.1, 0.15) is 18.9 Å². The Morgan fingerprint density at radius 1 is 1.47 bits per heavy atom. The van der Waals surface area contributed by atoms with Crippen molar-refractivity contribution >= 4 is 5.69 Å². The van der Waals surface area contributed by atoms with E-state index >= 15 is 0 Å². The summed E-state index contributed by atoms with van der Waals surface area (Å²) in [7, 11) is 2.18. The number of hydrogen-bond donors (Lipinski definition) is 1. The number of nitrogens with zero attached hydrogens (tertiary/aromatic N) is 1. The number of benzene rings is 1. The fourth-order valence-corrected chi connectivity index (χ4v) is 2.17. The highest BCUT2D eigenvalue weighted by Gasteiger charge is 2.18. The molecule has 1 fully saturated rings. The maximum Gasteiger partial charge on any atom is 0.0400 e. The SMILES string of the molecule is CCc1cccc(NC2CCN(C)C2)c1. The van der Waals surface area contributed by atoms with Crippen molar-refractivity contribution in [3.05, 3.63) is 29.8 Å². The molecule has 1 aliphatic rings. The van der Waals surface area contributed by atoms with Gasteiger partial charge in [-0.05, 0) is 44.1 Å². The van der Waals surface area contributed by atoms with E-state index in [4.69, 9.17) is 0 Å². The molecule has 2 rings (SSSR count). The van der Waals surface area contributed by atoms with Crippen LogP contribution in [-0.4, -0.2) is 31.1 Å². The molecule has 1 saturated heterocycles. The Labute approximate surface area is 92.3 Å². The highest BCUT2D eigenvalue weighted by molar-refractivity contribution is 5.46. The van der Waals surface area contributed by atoms with E-state index in [0.717, 1.165) is 13.0 Å². The smallest absolute Gasteiger partial charge is 0.0400 e. The topological polar surface area (TPSA) is 15.3 Å². The maximum absolute atomic E-state index is 3.60. The van der Waals surface area contributed by atoms with Gasteiger partial charge < -0.3 is 10.2 Å². The maximum atomic E-state index is 3.60. The van der Waals surface area contributed by atoms with Crippen molar-refractivity contribution in [3.63, 3.8) is 0 Å². The van der Waals surface area contributed by atoms with Crippen molar-refractivity contribution in [2.75, 3.05) is 25.5 Å². The molecule has 1 unspecified atom stereocenters. The van der Waals surface area contributed by atoms with Gasteiger partial charge in [0, 0.05) is 18.3 Å². The molecule has 0 amide bonds. The Morgan fingerprint density at radius 3 is 3.00 bits per heavy atom. The van der Waals surface area contributed by atoms with Crippen LogP contribution in [0.25, 0.3) is 0 Å². The Kier molecular flexibility index (Phi) is 3.27. The summed E-state index contributed by atoms with van der Waals surface area (Å²) in [5.41, 5.74) is 2.68. The van der Waals surface area contributed by atoms with E-state index in [1.165, 1.54) is 24.2 Å². The summed E-state index contributed by atoms with van der Waals surface area (Å²) in [6, 6.07) is 9.38. The second-order valence-corrected chi connectivity index (χ2v) is 4.45. The van der Waals surface area contributed by atoms with Crippen molar-refractivity contribution in [1.82, 2.24) is 4.90 Å². The summed E-state index contributed by atoms with van der Waals surface area (Å²) in [5, 5.41) is 3.60. The van der Waals surface area contributed by atoms with Crippen LogP contribution in [0.2, 0.25) is 0 Å². The second kappa shape index (κ2) is 4.67. The average molecular weight is 204 g/mol. The molecule has 1 aliphatic heterocycles. The molecule has 0 bridgehead atoms. The number of hydrogen-bond acceptors (Lipinski definition) is 2. The van der Waals surface area contributed by atoms with Gasteiger partial charge in [0.15, 0.2) is 0 Å². The van der Waals surface area contributed by atoms with Gasteiger partial charge >= 0.3 is 0 Å². The Hall–Kier alpha value is -1.02. The van der Waals surface area contributed by atoms with E-state index in [1.54, 1.807) is 0 Å². The van der Waals surface area contributed by atoms with Gasteiger partial charge in [-0.15, -0.1) is 0 Å². The zero-order chi connectivity index (χ0) is 10.7. The van der Waals surface area contributed by atoms with Crippen LogP contribution in [0.15, 0.2) is 24.3 Å². The van der Waals surface area contributed by atoms with Crippen molar-refractivity contribution in [2.24, 2.45) is 0 Å². The molecule has 0 aliphatic carbocycles. The molecule has 15 heavy (non-hydrogen) atoms. The summed E-state index contributed by atoms with van der Waals surface area (Å²) < 4.78 is 0. The lowest BCUT2D eigenvalue weighted by molar-refractivity contribution is 0.414. The molecule has 0 radical (unpaired) electrons. The van der Waals surface area contributed by atoms with Crippen LogP contribution < -0.4 is 5.32 Å². The first kappa shape index (κ1) is 10.5.